The molecule has 0 atom stereocenters. The Bertz CT molecular complexity index is 919. The van der Waals surface area contributed by atoms with E-state index in [-0.39, 0.29) is 17.4 Å². The Kier molecular flexibility index (Phi) is 4.19. The number of aryl methyl sites for hydroxylation is 1. The Morgan fingerprint density at radius 3 is 2.62 bits per heavy atom. The Balaban J connectivity index is 1.47. The van der Waals surface area contributed by atoms with E-state index in [9.17, 15) is 13.6 Å². The van der Waals surface area contributed by atoms with Gasteiger partial charge < -0.3 is 13.9 Å². The highest BCUT2D eigenvalue weighted by Gasteiger charge is 2.26. The Morgan fingerprint density at radius 1 is 1.15 bits per heavy atom. The van der Waals surface area contributed by atoms with Crippen molar-refractivity contribution in [1.82, 2.24) is 24.6 Å². The van der Waals surface area contributed by atoms with Gasteiger partial charge in [-0.25, -0.2) is 13.8 Å². The third-order valence-corrected chi connectivity index (χ3v) is 4.24. The van der Waals surface area contributed by atoms with E-state index in [1.807, 2.05) is 0 Å². The number of nitrogens with zero attached hydrogens (tertiary/aromatic N) is 5. The van der Waals surface area contributed by atoms with E-state index in [1.165, 1.54) is 12.1 Å². The van der Waals surface area contributed by atoms with Gasteiger partial charge in [0.25, 0.3) is 0 Å². The molecule has 0 radical (unpaired) electrons. The highest BCUT2D eigenvalue weighted by Crippen LogP contribution is 2.27. The van der Waals surface area contributed by atoms with Crippen molar-refractivity contribution in [3.63, 3.8) is 0 Å². The molecule has 3 heterocycles. The number of carbonyl (C=O) groups excluding carboxylic acids is 1. The fourth-order valence-corrected chi connectivity index (χ4v) is 2.93. The van der Waals surface area contributed by atoms with Gasteiger partial charge >= 0.3 is 0 Å². The fourth-order valence-electron chi connectivity index (χ4n) is 2.93. The molecule has 0 saturated heterocycles. The van der Waals surface area contributed by atoms with Crippen molar-refractivity contribution in [1.29, 1.82) is 0 Å². The molecule has 0 saturated carbocycles. The van der Waals surface area contributed by atoms with Crippen LogP contribution in [0.3, 0.4) is 0 Å². The molecular weight excluding hydrogens is 344 g/mol. The van der Waals surface area contributed by atoms with Crippen molar-refractivity contribution in [2.75, 3.05) is 6.54 Å². The summed E-state index contributed by atoms with van der Waals surface area (Å²) in [5.41, 5.74) is 0.857. The molecule has 3 aromatic rings. The van der Waals surface area contributed by atoms with Crippen LogP contribution in [0.15, 0.2) is 35.3 Å². The zero-order chi connectivity index (χ0) is 18.1. The van der Waals surface area contributed by atoms with Crippen LogP contribution < -0.4 is 0 Å². The van der Waals surface area contributed by atoms with Gasteiger partial charge in [-0.2, -0.15) is 0 Å². The summed E-state index contributed by atoms with van der Waals surface area (Å²) in [6.07, 6.45) is 3.96. The van der Waals surface area contributed by atoms with E-state index in [4.69, 9.17) is 4.42 Å². The number of benzene rings is 1. The number of rotatable bonds is 4. The maximum Gasteiger partial charge on any atom is 0.226 e. The van der Waals surface area contributed by atoms with Crippen LogP contribution in [-0.2, 0) is 24.3 Å². The lowest BCUT2D eigenvalue weighted by molar-refractivity contribution is -0.132. The third-order valence-electron chi connectivity index (χ3n) is 4.24. The molecule has 0 N–H and O–H groups in total. The van der Waals surface area contributed by atoms with E-state index in [2.05, 4.69) is 15.2 Å². The molecule has 7 nitrogen and oxygen atoms in total. The fraction of sp³-hybridized carbons (Fsp3) is 0.294. The van der Waals surface area contributed by atoms with E-state index >= 15 is 0 Å². The zero-order valence-corrected chi connectivity index (χ0v) is 13.7. The molecule has 9 heteroatoms. The minimum Gasteiger partial charge on any atom is -0.441 e. The highest BCUT2D eigenvalue weighted by atomic mass is 19.1. The summed E-state index contributed by atoms with van der Waals surface area (Å²) in [5.74, 6) is -0.589. The number of hydrogen-bond acceptors (Lipinski definition) is 5. The first kappa shape index (κ1) is 16.4. The van der Waals surface area contributed by atoms with Gasteiger partial charge in [0.15, 0.2) is 0 Å². The van der Waals surface area contributed by atoms with E-state index < -0.39 is 11.6 Å². The summed E-state index contributed by atoms with van der Waals surface area (Å²) in [5, 5.41) is 7.40. The molecule has 0 fully saturated rings. The number of amides is 1. The lowest BCUT2D eigenvalue weighted by Crippen LogP contribution is -2.36. The maximum absolute atomic E-state index is 13.4. The largest absolute Gasteiger partial charge is 0.441 e. The van der Waals surface area contributed by atoms with Gasteiger partial charge in [0.05, 0.1) is 6.54 Å². The van der Waals surface area contributed by atoms with Gasteiger partial charge in [0.1, 0.15) is 35.7 Å². The van der Waals surface area contributed by atoms with Crippen LogP contribution >= 0.6 is 0 Å². The summed E-state index contributed by atoms with van der Waals surface area (Å²) >= 11 is 0. The van der Waals surface area contributed by atoms with Crippen LogP contribution in [0.4, 0.5) is 8.78 Å². The van der Waals surface area contributed by atoms with Crippen molar-refractivity contribution in [2.45, 2.75) is 25.9 Å². The van der Waals surface area contributed by atoms with Crippen molar-refractivity contribution < 1.29 is 18.0 Å². The van der Waals surface area contributed by atoms with Gasteiger partial charge in [0.2, 0.25) is 11.8 Å². The number of aromatic nitrogens is 4. The third kappa shape index (κ3) is 3.32. The second-order valence-corrected chi connectivity index (χ2v) is 6.06. The molecule has 0 spiro atoms. The van der Waals surface area contributed by atoms with Gasteiger partial charge in [-0.1, -0.05) is 0 Å². The second-order valence-electron chi connectivity index (χ2n) is 6.06. The molecule has 1 aliphatic heterocycles. The van der Waals surface area contributed by atoms with Crippen molar-refractivity contribution in [3.8, 4) is 11.5 Å². The smallest absolute Gasteiger partial charge is 0.226 e. The molecule has 26 heavy (non-hydrogen) atoms. The van der Waals surface area contributed by atoms with Crippen LogP contribution in [-0.4, -0.2) is 37.1 Å². The van der Waals surface area contributed by atoms with Crippen LogP contribution in [0.2, 0.25) is 0 Å². The van der Waals surface area contributed by atoms with Crippen molar-refractivity contribution in [3.05, 3.63) is 53.9 Å². The molecule has 1 amide bonds. The number of carbonyl (C=O) groups is 1. The Morgan fingerprint density at radius 2 is 1.88 bits per heavy atom. The number of hydrogen-bond donors (Lipinski definition) is 0. The van der Waals surface area contributed by atoms with Crippen molar-refractivity contribution in [2.24, 2.45) is 0 Å². The molecule has 0 aliphatic carbocycles. The minimum absolute atomic E-state index is 0.00861. The average Bonchev–Trinajstić information content (AvgIpc) is 3.27. The molecule has 1 aromatic carbocycles. The van der Waals surface area contributed by atoms with Crippen LogP contribution in [0, 0.1) is 11.6 Å². The van der Waals surface area contributed by atoms with Crippen LogP contribution in [0.5, 0.6) is 0 Å². The summed E-state index contributed by atoms with van der Waals surface area (Å²) < 4.78 is 34.2. The first-order valence-corrected chi connectivity index (χ1v) is 8.14. The van der Waals surface area contributed by atoms with Gasteiger partial charge in [-0.3, -0.25) is 4.79 Å². The van der Waals surface area contributed by atoms with E-state index in [0.717, 1.165) is 6.07 Å². The van der Waals surface area contributed by atoms with Crippen LogP contribution in [0.25, 0.3) is 11.5 Å². The minimum atomic E-state index is -0.693. The highest BCUT2D eigenvalue weighted by molar-refractivity contribution is 5.76. The lowest BCUT2D eigenvalue weighted by Gasteiger charge is -2.25. The number of oxazole rings is 1. The van der Waals surface area contributed by atoms with Crippen molar-refractivity contribution >= 4 is 5.91 Å². The molecular formula is C17H15F2N5O2. The summed E-state index contributed by atoms with van der Waals surface area (Å²) in [7, 11) is 0. The number of fused-ring (bicyclic) bond motifs is 1. The molecule has 0 bridgehead atoms. The molecule has 4 rings (SSSR count). The zero-order valence-electron chi connectivity index (χ0n) is 13.7. The Hall–Kier alpha value is -3.10. The second kappa shape index (κ2) is 6.66. The standard InChI is InChI=1S/C17H15F2N5O2/c18-12-5-11(6-13(19)7-12)17-22-14-8-24(4-1-15(14)26-17)16(25)2-3-23-9-20-21-10-23/h5-7,9-10H,1-4,8H2. The monoisotopic (exact) mass is 359 g/mol. The molecule has 0 unspecified atom stereocenters. The predicted molar refractivity (Wildman–Crippen MR) is 85.6 cm³/mol. The SMILES string of the molecule is O=C(CCn1cnnc1)N1CCc2oc(-c3cc(F)cc(F)c3)nc2C1. The summed E-state index contributed by atoms with van der Waals surface area (Å²) in [6, 6.07) is 3.13. The molecule has 134 valence electrons. The normalized spacial score (nSPS) is 13.7. The first-order valence-electron chi connectivity index (χ1n) is 8.14. The lowest BCUT2D eigenvalue weighted by atomic mass is 10.1. The van der Waals surface area contributed by atoms with E-state index in [1.54, 1.807) is 22.1 Å². The molecule has 2 aromatic heterocycles. The maximum atomic E-state index is 13.4. The summed E-state index contributed by atoms with van der Waals surface area (Å²) in [6.45, 7) is 1.33. The predicted octanol–water partition coefficient (Wildman–Crippen LogP) is 2.19. The topological polar surface area (TPSA) is 77.0 Å². The quantitative estimate of drug-likeness (QED) is 0.714. The number of halogens is 2. The van der Waals surface area contributed by atoms with Gasteiger partial charge in [0, 0.05) is 37.6 Å². The van der Waals surface area contributed by atoms with Gasteiger partial charge in [-0.15, -0.1) is 10.2 Å². The van der Waals surface area contributed by atoms with E-state index in [0.29, 0.717) is 43.9 Å². The molecule has 1 aliphatic rings. The first-order chi connectivity index (χ1) is 12.6. The van der Waals surface area contributed by atoms with Crippen LogP contribution in [0.1, 0.15) is 17.9 Å². The average molecular weight is 359 g/mol. The Labute approximate surface area is 147 Å². The summed E-state index contributed by atoms with van der Waals surface area (Å²) in [4.78, 5) is 18.4. The van der Waals surface area contributed by atoms with Gasteiger partial charge in [-0.05, 0) is 12.1 Å².